The van der Waals surface area contributed by atoms with E-state index in [1.165, 1.54) is 7.11 Å². The molecule has 0 saturated carbocycles. The van der Waals surface area contributed by atoms with E-state index in [0.717, 1.165) is 27.9 Å². The summed E-state index contributed by atoms with van der Waals surface area (Å²) in [6, 6.07) is 12.8. The molecule has 1 aliphatic heterocycles. The number of H-pyrrole nitrogens is 1. The Labute approximate surface area is 186 Å². The smallest absolute Gasteiger partial charge is 0.325 e. The molecule has 32 heavy (non-hydrogen) atoms. The fourth-order valence-electron chi connectivity index (χ4n) is 4.12. The first-order chi connectivity index (χ1) is 15.5. The monoisotopic (exact) mass is 434 g/mol. The molecule has 2 heterocycles. The maximum Gasteiger partial charge on any atom is 0.325 e. The number of urea groups is 1. The number of aryl methyl sites for hydroxylation is 1. The number of benzene rings is 2. The second-order valence-corrected chi connectivity index (χ2v) is 7.69. The van der Waals surface area contributed by atoms with E-state index in [1.807, 2.05) is 55.6 Å². The van der Waals surface area contributed by atoms with Crippen LogP contribution in [0.2, 0.25) is 0 Å². The molecule has 2 aromatic carbocycles. The summed E-state index contributed by atoms with van der Waals surface area (Å²) >= 11 is 0. The first kappa shape index (κ1) is 21.4. The predicted molar refractivity (Wildman–Crippen MR) is 121 cm³/mol. The number of amides is 2. The molecular weight excluding hydrogens is 408 g/mol. The van der Waals surface area contributed by atoms with E-state index in [2.05, 4.69) is 10.2 Å². The van der Waals surface area contributed by atoms with Crippen molar-refractivity contribution in [2.24, 2.45) is 0 Å². The molecule has 0 radical (unpaired) electrons. The van der Waals surface area contributed by atoms with E-state index in [0.29, 0.717) is 18.8 Å². The highest BCUT2D eigenvalue weighted by atomic mass is 16.5. The lowest BCUT2D eigenvalue weighted by Crippen LogP contribution is -2.36. The molecule has 4 rings (SSSR count). The zero-order chi connectivity index (χ0) is 22.7. The average Bonchev–Trinajstić information content (AvgIpc) is 3.47. The lowest BCUT2D eigenvalue weighted by molar-refractivity contribution is -0.141. The molecule has 2 amide bonds. The fraction of sp³-hybridized carbons (Fsp3) is 0.292. The van der Waals surface area contributed by atoms with Crippen LogP contribution in [0.25, 0.3) is 11.1 Å². The van der Waals surface area contributed by atoms with Crippen LogP contribution < -0.4 is 9.64 Å². The number of anilines is 1. The van der Waals surface area contributed by atoms with Crippen LogP contribution in [0.15, 0.2) is 54.9 Å². The number of carbonyl (C=O) groups excluding carboxylic acids is 2. The van der Waals surface area contributed by atoms with E-state index in [-0.39, 0.29) is 18.4 Å². The van der Waals surface area contributed by atoms with Gasteiger partial charge in [0.25, 0.3) is 0 Å². The van der Waals surface area contributed by atoms with Gasteiger partial charge in [0.1, 0.15) is 5.75 Å². The van der Waals surface area contributed by atoms with Crippen molar-refractivity contribution in [3.8, 4) is 16.9 Å². The molecule has 1 aromatic heterocycles. The third kappa shape index (κ3) is 4.16. The van der Waals surface area contributed by atoms with Crippen molar-refractivity contribution < 1.29 is 19.1 Å². The first-order valence-corrected chi connectivity index (χ1v) is 10.4. The summed E-state index contributed by atoms with van der Waals surface area (Å²) in [6.45, 7) is 3.05. The number of aromatic nitrogens is 2. The van der Waals surface area contributed by atoms with Gasteiger partial charge in [0, 0.05) is 30.5 Å². The Bertz CT molecular complexity index is 1110. The molecule has 1 atom stereocenters. The van der Waals surface area contributed by atoms with Crippen molar-refractivity contribution in [1.29, 1.82) is 0 Å². The summed E-state index contributed by atoms with van der Waals surface area (Å²) < 4.78 is 10.2. The molecule has 0 bridgehead atoms. The minimum Gasteiger partial charge on any atom is -0.497 e. The SMILES string of the molecule is COC(=O)CC(c1cccc(OC)c1)N1CCN(c2ccc(-c3cn[nH]c3)c(C)c2)C1=O. The van der Waals surface area contributed by atoms with Crippen LogP contribution in [-0.4, -0.2) is 54.4 Å². The first-order valence-electron chi connectivity index (χ1n) is 10.4. The largest absolute Gasteiger partial charge is 0.497 e. The number of hydrogen-bond acceptors (Lipinski definition) is 5. The van der Waals surface area contributed by atoms with E-state index in [4.69, 9.17) is 9.47 Å². The highest BCUT2D eigenvalue weighted by Gasteiger charge is 2.36. The summed E-state index contributed by atoms with van der Waals surface area (Å²) in [5.41, 5.74) is 4.76. The Morgan fingerprint density at radius 2 is 2.03 bits per heavy atom. The lowest BCUT2D eigenvalue weighted by Gasteiger charge is -2.28. The third-order valence-electron chi connectivity index (χ3n) is 5.81. The summed E-state index contributed by atoms with van der Waals surface area (Å²) in [4.78, 5) is 29.0. The van der Waals surface area contributed by atoms with Crippen LogP contribution in [0.3, 0.4) is 0 Å². The zero-order valence-electron chi connectivity index (χ0n) is 18.4. The van der Waals surface area contributed by atoms with Crippen molar-refractivity contribution in [3.63, 3.8) is 0 Å². The Balaban J connectivity index is 1.61. The summed E-state index contributed by atoms with van der Waals surface area (Å²) in [5, 5.41) is 6.84. The van der Waals surface area contributed by atoms with E-state index in [9.17, 15) is 9.59 Å². The van der Waals surface area contributed by atoms with Crippen molar-refractivity contribution in [3.05, 3.63) is 66.0 Å². The molecular formula is C24H26N4O4. The van der Waals surface area contributed by atoms with Gasteiger partial charge in [0.15, 0.2) is 0 Å². The summed E-state index contributed by atoms with van der Waals surface area (Å²) in [7, 11) is 2.94. The number of esters is 1. The Morgan fingerprint density at radius 3 is 2.72 bits per heavy atom. The maximum absolute atomic E-state index is 13.4. The van der Waals surface area contributed by atoms with E-state index < -0.39 is 6.04 Å². The van der Waals surface area contributed by atoms with Gasteiger partial charge >= 0.3 is 12.0 Å². The molecule has 1 saturated heterocycles. The molecule has 1 N–H and O–H groups in total. The molecule has 8 nitrogen and oxygen atoms in total. The molecule has 1 fully saturated rings. The van der Waals surface area contributed by atoms with Gasteiger partial charge < -0.3 is 14.4 Å². The van der Waals surface area contributed by atoms with E-state index >= 15 is 0 Å². The van der Waals surface area contributed by atoms with Crippen molar-refractivity contribution >= 4 is 17.7 Å². The van der Waals surface area contributed by atoms with E-state index in [1.54, 1.807) is 23.1 Å². The number of nitrogens with one attached hydrogen (secondary N) is 1. The van der Waals surface area contributed by atoms with Crippen LogP contribution in [0, 0.1) is 6.92 Å². The molecule has 0 spiro atoms. The maximum atomic E-state index is 13.4. The molecule has 1 unspecified atom stereocenters. The number of aromatic amines is 1. The van der Waals surface area contributed by atoms with Crippen LogP contribution in [0.1, 0.15) is 23.6 Å². The Morgan fingerprint density at radius 1 is 1.19 bits per heavy atom. The Hall–Kier alpha value is -3.81. The van der Waals surface area contributed by atoms with Crippen LogP contribution in [0.5, 0.6) is 5.75 Å². The molecule has 0 aliphatic carbocycles. The van der Waals surface area contributed by atoms with Gasteiger partial charge in [-0.3, -0.25) is 14.8 Å². The minimum absolute atomic E-state index is 0.0711. The number of hydrogen-bond donors (Lipinski definition) is 1. The average molecular weight is 434 g/mol. The molecule has 166 valence electrons. The normalized spacial score (nSPS) is 14.5. The fourth-order valence-corrected chi connectivity index (χ4v) is 4.12. The summed E-state index contributed by atoms with van der Waals surface area (Å²) in [5.74, 6) is 0.302. The van der Waals surface area contributed by atoms with Crippen LogP contribution in [-0.2, 0) is 9.53 Å². The van der Waals surface area contributed by atoms with Crippen LogP contribution >= 0.6 is 0 Å². The van der Waals surface area contributed by atoms with Crippen LogP contribution in [0.4, 0.5) is 10.5 Å². The minimum atomic E-state index is -0.443. The van der Waals surface area contributed by atoms with Gasteiger partial charge in [0.2, 0.25) is 0 Å². The number of nitrogens with zero attached hydrogens (tertiary/aromatic N) is 3. The standard InChI is InChI=1S/C24H26N4O4/c1-16-11-19(7-8-21(16)18-14-25-26-15-18)27-9-10-28(24(27)30)22(13-23(29)32-3)17-5-4-6-20(12-17)31-2/h4-8,11-12,14-15,22H,9-10,13H2,1-3H3,(H,25,26). The highest BCUT2D eigenvalue weighted by Crippen LogP contribution is 2.34. The topological polar surface area (TPSA) is 87.8 Å². The second-order valence-electron chi connectivity index (χ2n) is 7.69. The van der Waals surface area contributed by atoms with Crippen molar-refractivity contribution in [2.45, 2.75) is 19.4 Å². The number of rotatable bonds is 7. The third-order valence-corrected chi connectivity index (χ3v) is 5.81. The van der Waals surface area contributed by atoms with Gasteiger partial charge in [-0.25, -0.2) is 4.79 Å². The second kappa shape index (κ2) is 9.13. The molecule has 8 heteroatoms. The number of methoxy groups -OCH3 is 2. The van der Waals surface area contributed by atoms with Gasteiger partial charge in [0.05, 0.1) is 32.9 Å². The van der Waals surface area contributed by atoms with Crippen molar-refractivity contribution in [1.82, 2.24) is 15.1 Å². The van der Waals surface area contributed by atoms with Crippen molar-refractivity contribution in [2.75, 3.05) is 32.2 Å². The Kier molecular flexibility index (Phi) is 6.11. The molecule has 1 aliphatic rings. The number of ether oxygens (including phenoxy) is 2. The highest BCUT2D eigenvalue weighted by molar-refractivity contribution is 5.95. The lowest BCUT2D eigenvalue weighted by atomic mass is 10.0. The number of carbonyl (C=O) groups is 2. The molecule has 3 aromatic rings. The van der Waals surface area contributed by atoms with Gasteiger partial charge in [-0.15, -0.1) is 0 Å². The van der Waals surface area contributed by atoms with Gasteiger partial charge in [-0.05, 0) is 47.9 Å². The van der Waals surface area contributed by atoms with Gasteiger partial charge in [-0.1, -0.05) is 18.2 Å². The predicted octanol–water partition coefficient (Wildman–Crippen LogP) is 3.94. The quantitative estimate of drug-likeness (QED) is 0.569. The summed E-state index contributed by atoms with van der Waals surface area (Å²) in [6.07, 6.45) is 3.69. The van der Waals surface area contributed by atoms with Gasteiger partial charge in [-0.2, -0.15) is 5.10 Å². The zero-order valence-corrected chi connectivity index (χ0v) is 18.4.